The normalized spacial score (nSPS) is 11.6. The van der Waals surface area contributed by atoms with Crippen LogP contribution in [0, 0.1) is 0 Å². The lowest BCUT2D eigenvalue weighted by Crippen LogP contribution is -2.31. The lowest BCUT2D eigenvalue weighted by atomic mass is 10.1. The number of ether oxygens (including phenoxy) is 1. The first-order valence-corrected chi connectivity index (χ1v) is 12.5. The van der Waals surface area contributed by atoms with Crippen LogP contribution in [0.15, 0.2) is 24.3 Å². The summed E-state index contributed by atoms with van der Waals surface area (Å²) in [6.07, 6.45) is 3.08. The van der Waals surface area contributed by atoms with Gasteiger partial charge in [-0.1, -0.05) is 35.9 Å². The van der Waals surface area contributed by atoms with Gasteiger partial charge in [-0.2, -0.15) is 4.37 Å². The molecule has 2 aromatic rings. The summed E-state index contributed by atoms with van der Waals surface area (Å²) in [7, 11) is -3.66. The quantitative estimate of drug-likeness (QED) is 0.498. The number of hydrogen-bond acceptors (Lipinski definition) is 8. The van der Waals surface area contributed by atoms with Crippen molar-refractivity contribution >= 4 is 50.5 Å². The Morgan fingerprint density at radius 1 is 1.35 bits per heavy atom. The SMILES string of the molecule is CCN(CC)C(=O)OCCc1nsc(NS(=O)(=O)CC=Cc2cccc(Cl)c2CN)n1. The molecule has 0 bridgehead atoms. The summed E-state index contributed by atoms with van der Waals surface area (Å²) in [5.41, 5.74) is 7.22. The highest BCUT2D eigenvalue weighted by Gasteiger charge is 2.14. The second-order valence-corrected chi connectivity index (χ2v) is 9.28. The number of amides is 1. The Bertz CT molecular complexity index is 1010. The van der Waals surface area contributed by atoms with Crippen molar-refractivity contribution in [3.63, 3.8) is 0 Å². The Balaban J connectivity index is 1.88. The van der Waals surface area contributed by atoms with E-state index in [1.165, 1.54) is 6.08 Å². The molecule has 31 heavy (non-hydrogen) atoms. The molecule has 3 N–H and O–H groups in total. The zero-order chi connectivity index (χ0) is 22.9. The van der Waals surface area contributed by atoms with E-state index in [1.54, 1.807) is 23.1 Å². The molecule has 0 spiro atoms. The van der Waals surface area contributed by atoms with Gasteiger partial charge in [-0.05, 0) is 31.0 Å². The zero-order valence-electron chi connectivity index (χ0n) is 17.4. The van der Waals surface area contributed by atoms with E-state index in [0.717, 1.165) is 22.7 Å². The van der Waals surface area contributed by atoms with Crippen LogP contribution in [0.1, 0.15) is 30.8 Å². The first-order valence-electron chi connectivity index (χ1n) is 9.68. The summed E-state index contributed by atoms with van der Waals surface area (Å²) in [6.45, 7) is 5.23. The van der Waals surface area contributed by atoms with Gasteiger partial charge in [0.2, 0.25) is 15.2 Å². The molecule has 1 heterocycles. The Hall–Kier alpha value is -2.21. The summed E-state index contributed by atoms with van der Waals surface area (Å²) in [5, 5.41) is 0.693. The van der Waals surface area contributed by atoms with Crippen molar-refractivity contribution in [1.82, 2.24) is 14.3 Å². The molecule has 0 saturated heterocycles. The lowest BCUT2D eigenvalue weighted by molar-refractivity contribution is 0.107. The standard InChI is InChI=1S/C19H26ClN5O4S2/c1-3-25(4-2)19(26)29-11-10-17-22-18(30-23-17)24-31(27,28)12-6-8-14-7-5-9-16(20)15(14)13-21/h5-9H,3-4,10-13,21H2,1-2H3,(H,22,23,24). The Kier molecular flexibility index (Phi) is 9.69. The molecule has 0 unspecified atom stereocenters. The van der Waals surface area contributed by atoms with Crippen LogP contribution in [-0.4, -0.2) is 54.2 Å². The fraction of sp³-hybridized carbons (Fsp3) is 0.421. The third-order valence-corrected chi connectivity index (χ3v) is 6.54. The van der Waals surface area contributed by atoms with E-state index in [0.29, 0.717) is 30.4 Å². The second-order valence-electron chi connectivity index (χ2n) is 6.35. The van der Waals surface area contributed by atoms with E-state index in [9.17, 15) is 13.2 Å². The van der Waals surface area contributed by atoms with Crippen molar-refractivity contribution in [2.45, 2.75) is 26.8 Å². The van der Waals surface area contributed by atoms with Crippen LogP contribution in [0.5, 0.6) is 0 Å². The molecule has 9 nitrogen and oxygen atoms in total. The number of anilines is 1. The van der Waals surface area contributed by atoms with E-state index >= 15 is 0 Å². The predicted octanol–water partition coefficient (Wildman–Crippen LogP) is 3.13. The monoisotopic (exact) mass is 487 g/mol. The summed E-state index contributed by atoms with van der Waals surface area (Å²) >= 11 is 7.03. The van der Waals surface area contributed by atoms with Crippen LogP contribution < -0.4 is 10.5 Å². The van der Waals surface area contributed by atoms with Gasteiger partial charge in [0.05, 0.1) is 5.75 Å². The van der Waals surface area contributed by atoms with Crippen molar-refractivity contribution in [1.29, 1.82) is 0 Å². The highest BCUT2D eigenvalue weighted by atomic mass is 35.5. The fourth-order valence-corrected chi connectivity index (χ4v) is 4.63. The van der Waals surface area contributed by atoms with Gasteiger partial charge in [-0.3, -0.25) is 4.72 Å². The van der Waals surface area contributed by atoms with Crippen LogP contribution >= 0.6 is 23.1 Å². The van der Waals surface area contributed by atoms with Crippen LogP contribution in [0.2, 0.25) is 5.02 Å². The van der Waals surface area contributed by atoms with Crippen LogP contribution in [-0.2, 0) is 27.7 Å². The van der Waals surface area contributed by atoms with Gasteiger partial charge in [-0.15, -0.1) is 0 Å². The van der Waals surface area contributed by atoms with Crippen molar-refractivity contribution in [2.24, 2.45) is 5.73 Å². The summed E-state index contributed by atoms with van der Waals surface area (Å²) in [6, 6.07) is 5.32. The van der Waals surface area contributed by atoms with Gasteiger partial charge < -0.3 is 15.4 Å². The molecule has 0 atom stereocenters. The average Bonchev–Trinajstić information content (AvgIpc) is 3.15. The molecule has 1 amide bonds. The molecule has 0 aliphatic heterocycles. The maximum absolute atomic E-state index is 12.3. The van der Waals surface area contributed by atoms with E-state index in [-0.39, 0.29) is 24.0 Å². The molecule has 0 radical (unpaired) electrons. The van der Waals surface area contributed by atoms with Gasteiger partial charge in [-0.25, -0.2) is 18.2 Å². The van der Waals surface area contributed by atoms with Crippen LogP contribution in [0.25, 0.3) is 6.08 Å². The molecule has 0 saturated carbocycles. The zero-order valence-corrected chi connectivity index (χ0v) is 19.8. The third kappa shape index (κ3) is 7.76. The number of sulfonamides is 1. The number of nitrogens with zero attached hydrogens (tertiary/aromatic N) is 3. The van der Waals surface area contributed by atoms with Crippen molar-refractivity contribution < 1.29 is 17.9 Å². The Morgan fingerprint density at radius 3 is 2.77 bits per heavy atom. The summed E-state index contributed by atoms with van der Waals surface area (Å²) < 4.78 is 36.3. The number of rotatable bonds is 11. The number of hydrogen-bond donors (Lipinski definition) is 2. The number of nitrogens with two attached hydrogens (primary N) is 1. The first-order chi connectivity index (χ1) is 14.8. The minimum absolute atomic E-state index is 0.115. The van der Waals surface area contributed by atoms with E-state index in [4.69, 9.17) is 22.1 Å². The molecule has 0 aliphatic carbocycles. The van der Waals surface area contributed by atoms with Gasteiger partial charge in [0.25, 0.3) is 0 Å². The first kappa shape index (κ1) is 25.1. The fourth-order valence-electron chi connectivity index (χ4n) is 2.62. The third-order valence-electron chi connectivity index (χ3n) is 4.26. The lowest BCUT2D eigenvalue weighted by Gasteiger charge is -2.17. The molecule has 170 valence electrons. The molecule has 2 rings (SSSR count). The second kappa shape index (κ2) is 12.0. The van der Waals surface area contributed by atoms with Crippen molar-refractivity contribution in [3.8, 4) is 0 Å². The van der Waals surface area contributed by atoms with Gasteiger partial charge >= 0.3 is 6.09 Å². The largest absolute Gasteiger partial charge is 0.449 e. The van der Waals surface area contributed by atoms with Gasteiger partial charge in [0.1, 0.15) is 12.4 Å². The predicted molar refractivity (Wildman–Crippen MR) is 124 cm³/mol. The molecule has 1 aromatic carbocycles. The highest BCUT2D eigenvalue weighted by molar-refractivity contribution is 7.93. The smallest absolute Gasteiger partial charge is 0.409 e. The van der Waals surface area contributed by atoms with Crippen LogP contribution in [0.3, 0.4) is 0 Å². The number of aromatic nitrogens is 2. The highest BCUT2D eigenvalue weighted by Crippen LogP contribution is 2.21. The van der Waals surface area contributed by atoms with Crippen LogP contribution in [0.4, 0.5) is 9.93 Å². The minimum atomic E-state index is -3.66. The van der Waals surface area contributed by atoms with Crippen molar-refractivity contribution in [3.05, 3.63) is 46.2 Å². The molecular weight excluding hydrogens is 462 g/mol. The molecule has 1 aromatic heterocycles. The van der Waals surface area contributed by atoms with Crippen molar-refractivity contribution in [2.75, 3.05) is 30.2 Å². The summed E-state index contributed by atoms with van der Waals surface area (Å²) in [4.78, 5) is 17.5. The molecular formula is C19H26ClN5O4S2. The van der Waals surface area contributed by atoms with E-state index < -0.39 is 16.1 Å². The van der Waals surface area contributed by atoms with E-state index in [1.807, 2.05) is 19.9 Å². The number of carbonyl (C=O) groups excluding carboxylic acids is 1. The minimum Gasteiger partial charge on any atom is -0.449 e. The van der Waals surface area contributed by atoms with Gasteiger partial charge in [0, 0.05) is 42.6 Å². The number of halogens is 1. The maximum atomic E-state index is 12.3. The maximum Gasteiger partial charge on any atom is 0.409 e. The Labute approximate surface area is 191 Å². The summed E-state index contributed by atoms with van der Waals surface area (Å²) in [5.74, 6) is 0.150. The number of carbonyl (C=O) groups is 1. The molecule has 12 heteroatoms. The molecule has 0 aliphatic rings. The van der Waals surface area contributed by atoms with E-state index in [2.05, 4.69) is 14.1 Å². The topological polar surface area (TPSA) is 128 Å². The number of benzene rings is 1. The molecule has 0 fully saturated rings. The van der Waals surface area contributed by atoms with Gasteiger partial charge in [0.15, 0.2) is 0 Å². The average molecular weight is 488 g/mol. The Morgan fingerprint density at radius 2 is 2.10 bits per heavy atom. The number of nitrogens with one attached hydrogen (secondary N) is 1.